The van der Waals surface area contributed by atoms with Crippen LogP contribution in [0.3, 0.4) is 0 Å². The third kappa shape index (κ3) is 4.18. The molecule has 3 nitrogen and oxygen atoms in total. The summed E-state index contributed by atoms with van der Waals surface area (Å²) in [6.07, 6.45) is -2.66. The highest BCUT2D eigenvalue weighted by Gasteiger charge is 2.33. The van der Waals surface area contributed by atoms with Gasteiger partial charge in [0.1, 0.15) is 12.4 Å². The van der Waals surface area contributed by atoms with Crippen molar-refractivity contribution in [2.45, 2.75) is 25.1 Å². The predicted octanol–water partition coefficient (Wildman–Crippen LogP) is 3.27. The van der Waals surface area contributed by atoms with Crippen molar-refractivity contribution in [3.63, 3.8) is 0 Å². The van der Waals surface area contributed by atoms with Gasteiger partial charge in [0.05, 0.1) is 11.7 Å². The van der Waals surface area contributed by atoms with E-state index in [0.717, 1.165) is 18.9 Å². The number of nitrogen functional groups attached to an aromatic ring is 1. The summed E-state index contributed by atoms with van der Waals surface area (Å²) in [6, 6.07) is 3.55. The lowest BCUT2D eigenvalue weighted by atomic mass is 10.1. The van der Waals surface area contributed by atoms with Crippen LogP contribution in [0.4, 0.5) is 18.9 Å². The molecule has 1 aliphatic heterocycles. The van der Waals surface area contributed by atoms with Crippen LogP contribution >= 0.6 is 12.4 Å². The van der Waals surface area contributed by atoms with Crippen LogP contribution in [-0.4, -0.2) is 19.3 Å². The Balaban J connectivity index is 0.00000180. The summed E-state index contributed by atoms with van der Waals surface area (Å²) in [4.78, 5) is 0. The highest BCUT2D eigenvalue weighted by Crippen LogP contribution is 2.35. The fourth-order valence-electron chi connectivity index (χ4n) is 1.84. The zero-order valence-electron chi connectivity index (χ0n) is 10.1. The standard InChI is InChI=1S/C12H14F3NO2.ClH/c13-12(14,15)10-6-8(3-4-11(10)16)18-7-9-2-1-5-17-9;/h3-4,6,9H,1-2,5,7,16H2;1H. The minimum atomic E-state index is -4.46. The lowest BCUT2D eigenvalue weighted by Gasteiger charge is -2.14. The van der Waals surface area contributed by atoms with E-state index in [9.17, 15) is 13.2 Å². The predicted molar refractivity (Wildman–Crippen MR) is 67.6 cm³/mol. The summed E-state index contributed by atoms with van der Waals surface area (Å²) in [6.45, 7) is 0.949. The van der Waals surface area contributed by atoms with Crippen LogP contribution in [0.5, 0.6) is 5.75 Å². The second kappa shape index (κ2) is 6.34. The molecule has 0 aliphatic carbocycles. The molecule has 0 amide bonds. The average Bonchev–Trinajstić information content (AvgIpc) is 2.79. The van der Waals surface area contributed by atoms with E-state index in [-0.39, 0.29) is 36.6 Å². The third-order valence-electron chi connectivity index (χ3n) is 2.79. The van der Waals surface area contributed by atoms with Gasteiger partial charge in [-0.15, -0.1) is 12.4 Å². The largest absolute Gasteiger partial charge is 0.491 e. The second-order valence-corrected chi connectivity index (χ2v) is 4.19. The summed E-state index contributed by atoms with van der Waals surface area (Å²) in [5.74, 6) is 0.159. The van der Waals surface area contributed by atoms with Gasteiger partial charge < -0.3 is 15.2 Å². The maximum Gasteiger partial charge on any atom is 0.418 e. The van der Waals surface area contributed by atoms with Crippen LogP contribution in [0.25, 0.3) is 0 Å². The fourth-order valence-corrected chi connectivity index (χ4v) is 1.84. The van der Waals surface area contributed by atoms with E-state index < -0.39 is 11.7 Å². The van der Waals surface area contributed by atoms with E-state index in [1.54, 1.807) is 0 Å². The molecule has 2 rings (SSSR count). The first-order valence-corrected chi connectivity index (χ1v) is 5.68. The maximum atomic E-state index is 12.6. The van der Waals surface area contributed by atoms with Crippen LogP contribution in [0.1, 0.15) is 18.4 Å². The number of halogens is 4. The summed E-state index contributed by atoms with van der Waals surface area (Å²) in [5.41, 5.74) is 4.13. The highest BCUT2D eigenvalue weighted by molar-refractivity contribution is 5.85. The quantitative estimate of drug-likeness (QED) is 0.871. The van der Waals surface area contributed by atoms with E-state index in [1.807, 2.05) is 0 Å². The van der Waals surface area contributed by atoms with Crippen LogP contribution in [0.15, 0.2) is 18.2 Å². The molecular weight excluding hydrogens is 283 g/mol. The van der Waals surface area contributed by atoms with Crippen molar-refractivity contribution in [1.82, 2.24) is 0 Å². The Morgan fingerprint density at radius 3 is 2.68 bits per heavy atom. The van der Waals surface area contributed by atoms with Gasteiger partial charge in [-0.3, -0.25) is 0 Å². The van der Waals surface area contributed by atoms with Gasteiger partial charge in [-0.05, 0) is 31.0 Å². The Morgan fingerprint density at radius 1 is 1.37 bits per heavy atom. The number of hydrogen-bond donors (Lipinski definition) is 1. The summed E-state index contributed by atoms with van der Waals surface area (Å²) in [5, 5.41) is 0. The monoisotopic (exact) mass is 297 g/mol. The van der Waals surface area contributed by atoms with Gasteiger partial charge in [-0.2, -0.15) is 13.2 Å². The molecule has 2 N–H and O–H groups in total. The molecule has 1 unspecified atom stereocenters. The van der Waals surface area contributed by atoms with Gasteiger partial charge in [0.15, 0.2) is 0 Å². The van der Waals surface area contributed by atoms with E-state index in [4.69, 9.17) is 15.2 Å². The van der Waals surface area contributed by atoms with Crippen molar-refractivity contribution >= 4 is 18.1 Å². The lowest BCUT2D eigenvalue weighted by molar-refractivity contribution is -0.137. The van der Waals surface area contributed by atoms with Gasteiger partial charge in [-0.1, -0.05) is 0 Å². The van der Waals surface area contributed by atoms with Crippen LogP contribution in [-0.2, 0) is 10.9 Å². The van der Waals surface area contributed by atoms with E-state index in [2.05, 4.69) is 0 Å². The van der Waals surface area contributed by atoms with Crippen LogP contribution in [0.2, 0.25) is 0 Å². The Kier molecular flexibility index (Phi) is 5.31. The molecule has 0 bridgehead atoms. The molecule has 0 aromatic heterocycles. The van der Waals surface area contributed by atoms with Gasteiger partial charge in [0.25, 0.3) is 0 Å². The van der Waals surface area contributed by atoms with E-state index in [0.29, 0.717) is 6.61 Å². The molecule has 1 saturated heterocycles. The van der Waals surface area contributed by atoms with Crippen molar-refractivity contribution in [2.75, 3.05) is 18.9 Å². The fraction of sp³-hybridized carbons (Fsp3) is 0.500. The van der Waals surface area contributed by atoms with Crippen molar-refractivity contribution in [2.24, 2.45) is 0 Å². The Hall–Kier alpha value is -1.14. The average molecular weight is 298 g/mol. The van der Waals surface area contributed by atoms with Crippen LogP contribution < -0.4 is 10.5 Å². The minimum absolute atomic E-state index is 0. The first kappa shape index (κ1) is 15.9. The molecule has 19 heavy (non-hydrogen) atoms. The highest BCUT2D eigenvalue weighted by atomic mass is 35.5. The Morgan fingerprint density at radius 2 is 2.11 bits per heavy atom. The van der Waals surface area contributed by atoms with Crippen LogP contribution in [0, 0.1) is 0 Å². The van der Waals surface area contributed by atoms with Crippen molar-refractivity contribution in [3.05, 3.63) is 23.8 Å². The van der Waals surface area contributed by atoms with Crippen molar-refractivity contribution in [1.29, 1.82) is 0 Å². The zero-order valence-corrected chi connectivity index (χ0v) is 10.9. The first-order chi connectivity index (χ1) is 8.47. The van der Waals surface area contributed by atoms with Gasteiger partial charge in [0, 0.05) is 12.3 Å². The number of anilines is 1. The Labute approximate surface area is 115 Å². The topological polar surface area (TPSA) is 44.5 Å². The number of ether oxygens (including phenoxy) is 2. The molecule has 0 saturated carbocycles. The van der Waals surface area contributed by atoms with Crippen molar-refractivity contribution < 1.29 is 22.6 Å². The smallest absolute Gasteiger partial charge is 0.418 e. The minimum Gasteiger partial charge on any atom is -0.491 e. The number of rotatable bonds is 3. The first-order valence-electron chi connectivity index (χ1n) is 5.68. The Bertz CT molecular complexity index is 420. The second-order valence-electron chi connectivity index (χ2n) is 4.19. The normalized spacial score (nSPS) is 19.0. The summed E-state index contributed by atoms with van der Waals surface area (Å²) in [7, 11) is 0. The SMILES string of the molecule is Cl.Nc1ccc(OCC2CCCO2)cc1C(F)(F)F. The van der Waals surface area contributed by atoms with Gasteiger partial charge >= 0.3 is 6.18 Å². The molecule has 1 aliphatic rings. The molecule has 108 valence electrons. The van der Waals surface area contributed by atoms with Crippen molar-refractivity contribution in [3.8, 4) is 5.75 Å². The molecule has 1 atom stereocenters. The number of hydrogen-bond acceptors (Lipinski definition) is 3. The molecule has 7 heteroatoms. The molecule has 1 aromatic carbocycles. The molecule has 1 fully saturated rings. The number of benzene rings is 1. The molecular formula is C12H15ClF3NO2. The van der Waals surface area contributed by atoms with Gasteiger partial charge in [0.2, 0.25) is 0 Å². The van der Waals surface area contributed by atoms with E-state index >= 15 is 0 Å². The summed E-state index contributed by atoms with van der Waals surface area (Å²) < 4.78 is 48.5. The lowest BCUT2D eigenvalue weighted by Crippen LogP contribution is -2.17. The number of nitrogens with two attached hydrogens (primary N) is 1. The molecule has 1 heterocycles. The third-order valence-corrected chi connectivity index (χ3v) is 2.79. The van der Waals surface area contributed by atoms with E-state index in [1.165, 1.54) is 12.1 Å². The molecule has 1 aromatic rings. The molecule has 0 radical (unpaired) electrons. The zero-order chi connectivity index (χ0) is 13.2. The van der Waals surface area contributed by atoms with Gasteiger partial charge in [-0.25, -0.2) is 0 Å². The number of alkyl halides is 3. The summed E-state index contributed by atoms with van der Waals surface area (Å²) >= 11 is 0. The molecule has 0 spiro atoms. The maximum absolute atomic E-state index is 12.6.